The molecule has 3 nitrogen and oxygen atoms in total. The number of aromatic nitrogens is 2. The average molecular weight is 300 g/mol. The summed E-state index contributed by atoms with van der Waals surface area (Å²) in [6, 6.07) is 0. The summed E-state index contributed by atoms with van der Waals surface area (Å²) in [5, 5.41) is 3.92. The lowest BCUT2D eigenvalue weighted by molar-refractivity contribution is -0.144. The molecule has 0 atom stereocenters. The van der Waals surface area contributed by atoms with E-state index in [1.165, 1.54) is 6.20 Å². The first kappa shape index (κ1) is 13.5. The van der Waals surface area contributed by atoms with Crippen molar-refractivity contribution >= 4 is 15.9 Å². The van der Waals surface area contributed by atoms with Gasteiger partial charge in [0.05, 0.1) is 12.7 Å². The molecule has 0 amide bonds. The normalized spacial score (nSPS) is 12.4. The summed E-state index contributed by atoms with van der Waals surface area (Å²) in [5.74, 6) is 0. The summed E-state index contributed by atoms with van der Waals surface area (Å²) in [4.78, 5) is 1.82. The summed E-state index contributed by atoms with van der Waals surface area (Å²) >= 11 is 3.03. The quantitative estimate of drug-likeness (QED) is 0.796. The van der Waals surface area contributed by atoms with E-state index in [1.54, 1.807) is 0 Å². The SMILES string of the molecule is CN(C)CCn1ncc(CBr)c1C(F)(F)F. The zero-order valence-corrected chi connectivity index (χ0v) is 10.6. The van der Waals surface area contributed by atoms with Crippen LogP contribution in [0.2, 0.25) is 0 Å². The number of alkyl halides is 4. The predicted octanol–water partition coefficient (Wildman–Crippen LogP) is 2.36. The summed E-state index contributed by atoms with van der Waals surface area (Å²) in [5.41, 5.74) is -0.488. The molecule has 0 aliphatic carbocycles. The van der Waals surface area contributed by atoms with Crippen LogP contribution in [-0.2, 0) is 18.1 Å². The predicted molar refractivity (Wildman–Crippen MR) is 58.4 cm³/mol. The lowest BCUT2D eigenvalue weighted by Crippen LogP contribution is -2.23. The van der Waals surface area contributed by atoms with Gasteiger partial charge in [0.1, 0.15) is 5.69 Å². The van der Waals surface area contributed by atoms with E-state index in [4.69, 9.17) is 0 Å². The van der Waals surface area contributed by atoms with Crippen LogP contribution in [-0.4, -0.2) is 35.3 Å². The van der Waals surface area contributed by atoms with Gasteiger partial charge < -0.3 is 4.90 Å². The number of nitrogens with zero attached hydrogens (tertiary/aromatic N) is 3. The van der Waals surface area contributed by atoms with Crippen LogP contribution in [0.1, 0.15) is 11.3 Å². The first-order valence-corrected chi connectivity index (χ1v) is 5.81. The third-order valence-electron chi connectivity index (χ3n) is 2.09. The van der Waals surface area contributed by atoms with Gasteiger partial charge in [-0.3, -0.25) is 4.68 Å². The Kier molecular flexibility index (Phi) is 4.37. The van der Waals surface area contributed by atoms with Crippen molar-refractivity contribution < 1.29 is 13.2 Å². The van der Waals surface area contributed by atoms with Gasteiger partial charge in [-0.15, -0.1) is 0 Å². The second kappa shape index (κ2) is 5.18. The monoisotopic (exact) mass is 299 g/mol. The molecule has 0 unspecified atom stereocenters. The van der Waals surface area contributed by atoms with Crippen molar-refractivity contribution in [3.63, 3.8) is 0 Å². The van der Waals surface area contributed by atoms with E-state index in [0.29, 0.717) is 6.54 Å². The lowest BCUT2D eigenvalue weighted by atomic mass is 10.2. The van der Waals surface area contributed by atoms with Gasteiger partial charge in [-0.2, -0.15) is 18.3 Å². The smallest absolute Gasteiger partial charge is 0.308 e. The molecule has 0 fully saturated rings. The van der Waals surface area contributed by atoms with E-state index in [9.17, 15) is 13.2 Å². The molecule has 0 spiro atoms. The van der Waals surface area contributed by atoms with Crippen molar-refractivity contribution in [2.75, 3.05) is 20.6 Å². The van der Waals surface area contributed by atoms with E-state index in [-0.39, 0.29) is 17.4 Å². The number of halogens is 4. The van der Waals surface area contributed by atoms with E-state index >= 15 is 0 Å². The molecule has 7 heteroatoms. The number of hydrogen-bond acceptors (Lipinski definition) is 2. The van der Waals surface area contributed by atoms with Crippen LogP contribution in [0.3, 0.4) is 0 Å². The van der Waals surface area contributed by atoms with Crippen molar-refractivity contribution in [3.05, 3.63) is 17.5 Å². The summed E-state index contributed by atoms with van der Waals surface area (Å²) in [6.45, 7) is 0.751. The standard InChI is InChI=1S/C9H13BrF3N3/c1-15(2)3-4-16-8(9(11,12)13)7(5-10)6-14-16/h6H,3-5H2,1-2H3. The van der Waals surface area contributed by atoms with Crippen LogP contribution in [0, 0.1) is 0 Å². The maximum absolute atomic E-state index is 12.8. The van der Waals surface area contributed by atoms with E-state index in [2.05, 4.69) is 21.0 Å². The summed E-state index contributed by atoms with van der Waals surface area (Å²) < 4.78 is 39.3. The zero-order valence-electron chi connectivity index (χ0n) is 9.05. The van der Waals surface area contributed by atoms with Crippen molar-refractivity contribution in [1.29, 1.82) is 0 Å². The highest BCUT2D eigenvalue weighted by molar-refractivity contribution is 9.08. The van der Waals surface area contributed by atoms with Crippen molar-refractivity contribution in [3.8, 4) is 0 Å². The van der Waals surface area contributed by atoms with Gasteiger partial charge >= 0.3 is 6.18 Å². The molecule has 0 bridgehead atoms. The molecule has 0 radical (unpaired) electrons. The van der Waals surface area contributed by atoms with Crippen molar-refractivity contribution in [1.82, 2.24) is 14.7 Å². The molecule has 1 heterocycles. The molecular formula is C9H13BrF3N3. The highest BCUT2D eigenvalue weighted by Crippen LogP contribution is 2.32. The van der Waals surface area contributed by atoms with E-state index in [0.717, 1.165) is 4.68 Å². The first-order chi connectivity index (χ1) is 7.36. The number of likely N-dealkylation sites (N-methyl/N-ethyl adjacent to an activating group) is 1. The Morgan fingerprint density at radius 1 is 1.44 bits per heavy atom. The molecule has 0 aromatic carbocycles. The van der Waals surface area contributed by atoms with Gasteiger partial charge in [-0.25, -0.2) is 0 Å². The van der Waals surface area contributed by atoms with Gasteiger partial charge in [-0.05, 0) is 14.1 Å². The number of hydrogen-bond donors (Lipinski definition) is 0. The summed E-state index contributed by atoms with van der Waals surface area (Å²) in [6.07, 6.45) is -3.10. The van der Waals surface area contributed by atoms with Crippen LogP contribution < -0.4 is 0 Å². The summed E-state index contributed by atoms with van der Waals surface area (Å²) in [7, 11) is 3.62. The number of rotatable bonds is 4. The minimum Gasteiger partial charge on any atom is -0.308 e. The molecule has 0 aliphatic rings. The van der Waals surface area contributed by atoms with Crippen LogP contribution in [0.15, 0.2) is 6.20 Å². The highest BCUT2D eigenvalue weighted by Gasteiger charge is 2.37. The van der Waals surface area contributed by atoms with Crippen molar-refractivity contribution in [2.45, 2.75) is 18.1 Å². The van der Waals surface area contributed by atoms with E-state index in [1.807, 2.05) is 19.0 Å². The van der Waals surface area contributed by atoms with Gasteiger partial charge in [0.15, 0.2) is 0 Å². The molecule has 0 saturated carbocycles. The van der Waals surface area contributed by atoms with Gasteiger partial charge in [0.2, 0.25) is 0 Å². The van der Waals surface area contributed by atoms with Gasteiger partial charge in [0.25, 0.3) is 0 Å². The van der Waals surface area contributed by atoms with Crippen LogP contribution in [0.25, 0.3) is 0 Å². The van der Waals surface area contributed by atoms with Crippen LogP contribution in [0.4, 0.5) is 13.2 Å². The topological polar surface area (TPSA) is 21.1 Å². The molecule has 0 saturated heterocycles. The lowest BCUT2D eigenvalue weighted by Gasteiger charge is -2.14. The second-order valence-corrected chi connectivity index (χ2v) is 4.24. The fourth-order valence-electron chi connectivity index (χ4n) is 1.31. The highest BCUT2D eigenvalue weighted by atomic mass is 79.9. The molecule has 92 valence electrons. The fraction of sp³-hybridized carbons (Fsp3) is 0.667. The maximum atomic E-state index is 12.8. The van der Waals surface area contributed by atoms with Gasteiger partial charge in [-0.1, -0.05) is 15.9 Å². The molecule has 0 N–H and O–H groups in total. The first-order valence-electron chi connectivity index (χ1n) is 4.69. The third-order valence-corrected chi connectivity index (χ3v) is 2.69. The Labute approximate surface area is 100 Å². The molecule has 0 aliphatic heterocycles. The Bertz CT molecular complexity index is 346. The van der Waals surface area contributed by atoms with Crippen molar-refractivity contribution in [2.24, 2.45) is 0 Å². The Hall–Kier alpha value is -0.560. The molecule has 16 heavy (non-hydrogen) atoms. The largest absolute Gasteiger partial charge is 0.433 e. The molecule has 1 rings (SSSR count). The zero-order chi connectivity index (χ0) is 12.3. The fourth-order valence-corrected chi connectivity index (χ4v) is 1.72. The molecular weight excluding hydrogens is 287 g/mol. The maximum Gasteiger partial charge on any atom is 0.433 e. The minimum atomic E-state index is -4.36. The minimum absolute atomic E-state index is 0.157. The second-order valence-electron chi connectivity index (χ2n) is 3.68. The van der Waals surface area contributed by atoms with E-state index < -0.39 is 11.9 Å². The Morgan fingerprint density at radius 3 is 2.50 bits per heavy atom. The molecule has 1 aromatic rings. The average Bonchev–Trinajstić information content (AvgIpc) is 2.56. The third kappa shape index (κ3) is 3.21. The molecule has 1 aromatic heterocycles. The van der Waals surface area contributed by atoms with Crippen LogP contribution in [0.5, 0.6) is 0 Å². The van der Waals surface area contributed by atoms with Gasteiger partial charge in [0, 0.05) is 17.4 Å². The Balaban J connectivity index is 2.96. The van der Waals surface area contributed by atoms with Crippen LogP contribution >= 0.6 is 15.9 Å². The Morgan fingerprint density at radius 2 is 2.06 bits per heavy atom.